The maximum Gasteiger partial charge on any atom is 0.118 e. The number of methoxy groups -OCH3 is 1. The molecule has 0 unspecified atom stereocenters. The first kappa shape index (κ1) is 18.5. The third-order valence-electron chi connectivity index (χ3n) is 6.83. The van der Waals surface area contributed by atoms with Crippen LogP contribution in [-0.2, 0) is 4.74 Å². The van der Waals surface area contributed by atoms with Crippen LogP contribution in [0.4, 0.5) is 0 Å². The Hall–Kier alpha value is -1.84. The fourth-order valence-corrected chi connectivity index (χ4v) is 4.87. The molecule has 5 atom stereocenters. The van der Waals surface area contributed by atoms with Gasteiger partial charge in [0.1, 0.15) is 5.75 Å². The maximum absolute atomic E-state index is 10.6. The van der Waals surface area contributed by atoms with Crippen LogP contribution in [0.1, 0.15) is 45.3 Å². The zero-order chi connectivity index (χ0) is 19.2. The summed E-state index contributed by atoms with van der Waals surface area (Å²) < 4.78 is 11.8. The van der Waals surface area contributed by atoms with E-state index >= 15 is 0 Å². The van der Waals surface area contributed by atoms with Gasteiger partial charge >= 0.3 is 0 Å². The van der Waals surface area contributed by atoms with E-state index < -0.39 is 0 Å². The average molecular weight is 367 g/mol. The van der Waals surface area contributed by atoms with Gasteiger partial charge in [0.25, 0.3) is 0 Å². The molecular formula is C24H30O3. The Labute approximate surface area is 162 Å². The summed E-state index contributed by atoms with van der Waals surface area (Å²) >= 11 is 0. The van der Waals surface area contributed by atoms with Crippen LogP contribution in [0, 0.1) is 17.8 Å². The molecule has 2 fully saturated rings. The van der Waals surface area contributed by atoms with Crippen LogP contribution < -0.4 is 4.74 Å². The van der Waals surface area contributed by atoms with Gasteiger partial charge in [-0.15, -0.1) is 0 Å². The highest BCUT2D eigenvalue weighted by Gasteiger charge is 2.50. The minimum absolute atomic E-state index is 0.0473. The standard InChI is InChI=1S/C24H30O3/c1-15-21-13-19(14-22(15)25)24(2,3)27-23(21)18-7-5-16(6-8-18)17-9-11-20(26-4)12-10-17/h5-12,15,19,21-23,25H,13-14H2,1-4H3/t15-,19-,21-,22-,23-/m0/s1. The predicted molar refractivity (Wildman–Crippen MR) is 108 cm³/mol. The number of ether oxygens (including phenoxy) is 2. The fourth-order valence-electron chi connectivity index (χ4n) is 4.87. The molecule has 2 aromatic rings. The normalized spacial score (nSPS) is 32.1. The van der Waals surface area contributed by atoms with E-state index in [4.69, 9.17) is 9.47 Å². The van der Waals surface area contributed by atoms with Crippen LogP contribution in [0.2, 0.25) is 0 Å². The molecule has 0 spiro atoms. The molecule has 2 aliphatic rings. The molecule has 0 aromatic heterocycles. The zero-order valence-corrected chi connectivity index (χ0v) is 16.7. The fraction of sp³-hybridized carbons (Fsp3) is 0.500. The van der Waals surface area contributed by atoms with Gasteiger partial charge in [0.2, 0.25) is 0 Å². The summed E-state index contributed by atoms with van der Waals surface area (Å²) in [6.45, 7) is 6.52. The van der Waals surface area contributed by atoms with Crippen molar-refractivity contribution in [3.05, 3.63) is 54.1 Å². The Balaban J connectivity index is 1.60. The summed E-state index contributed by atoms with van der Waals surface area (Å²) in [6.07, 6.45) is 1.81. The number of aliphatic hydroxyl groups is 1. The molecule has 3 heteroatoms. The van der Waals surface area contributed by atoms with Gasteiger partial charge < -0.3 is 14.6 Å². The number of benzene rings is 2. The number of fused-ring (bicyclic) bond motifs is 2. The number of hydrogen-bond donors (Lipinski definition) is 1. The van der Waals surface area contributed by atoms with Crippen molar-refractivity contribution in [1.29, 1.82) is 0 Å². The Morgan fingerprint density at radius 3 is 2.15 bits per heavy atom. The number of hydrogen-bond acceptors (Lipinski definition) is 3. The minimum Gasteiger partial charge on any atom is -0.497 e. The molecule has 2 bridgehead atoms. The molecular weight excluding hydrogens is 336 g/mol. The molecule has 27 heavy (non-hydrogen) atoms. The van der Waals surface area contributed by atoms with E-state index in [1.54, 1.807) is 7.11 Å². The van der Waals surface area contributed by atoms with Gasteiger partial charge in [0, 0.05) is 0 Å². The number of rotatable bonds is 3. The van der Waals surface area contributed by atoms with Crippen LogP contribution in [0.5, 0.6) is 5.75 Å². The van der Waals surface area contributed by atoms with Crippen molar-refractivity contribution < 1.29 is 14.6 Å². The molecule has 1 saturated carbocycles. The van der Waals surface area contributed by atoms with Crippen LogP contribution in [-0.4, -0.2) is 23.9 Å². The van der Waals surface area contributed by atoms with Gasteiger partial charge in [-0.1, -0.05) is 43.3 Å². The van der Waals surface area contributed by atoms with Crippen LogP contribution in [0.15, 0.2) is 48.5 Å². The van der Waals surface area contributed by atoms with Gasteiger partial charge in [-0.3, -0.25) is 0 Å². The van der Waals surface area contributed by atoms with Gasteiger partial charge in [-0.2, -0.15) is 0 Å². The van der Waals surface area contributed by atoms with Gasteiger partial charge in [0.05, 0.1) is 24.9 Å². The molecule has 4 rings (SSSR count). The van der Waals surface area contributed by atoms with Crippen molar-refractivity contribution in [3.8, 4) is 16.9 Å². The predicted octanol–water partition coefficient (Wildman–Crippen LogP) is 5.24. The maximum atomic E-state index is 10.6. The minimum atomic E-state index is -0.224. The second-order valence-electron chi connectivity index (χ2n) is 8.75. The summed E-state index contributed by atoms with van der Waals surface area (Å²) in [5, 5.41) is 10.6. The average Bonchev–Trinajstić information content (AvgIpc) is 2.68. The Kier molecular flexibility index (Phi) is 4.77. The molecule has 3 nitrogen and oxygen atoms in total. The molecule has 1 N–H and O–H groups in total. The third-order valence-corrected chi connectivity index (χ3v) is 6.83. The first-order valence-corrected chi connectivity index (χ1v) is 9.99. The second-order valence-corrected chi connectivity index (χ2v) is 8.75. The van der Waals surface area contributed by atoms with Crippen molar-refractivity contribution >= 4 is 0 Å². The lowest BCUT2D eigenvalue weighted by atomic mass is 9.63. The van der Waals surface area contributed by atoms with Crippen LogP contribution in [0.3, 0.4) is 0 Å². The van der Waals surface area contributed by atoms with Crippen molar-refractivity contribution in [3.63, 3.8) is 0 Å². The summed E-state index contributed by atoms with van der Waals surface area (Å²) in [7, 11) is 1.68. The van der Waals surface area contributed by atoms with E-state index in [1.807, 2.05) is 12.1 Å². The smallest absolute Gasteiger partial charge is 0.118 e. The third kappa shape index (κ3) is 3.39. The lowest BCUT2D eigenvalue weighted by molar-refractivity contribution is -0.215. The summed E-state index contributed by atoms with van der Waals surface area (Å²) in [5.74, 6) is 1.94. The van der Waals surface area contributed by atoms with Crippen molar-refractivity contribution in [2.45, 2.75) is 51.4 Å². The Bertz CT molecular complexity index is 778. The topological polar surface area (TPSA) is 38.7 Å². The first-order chi connectivity index (χ1) is 12.9. The van der Waals surface area contributed by atoms with E-state index in [-0.39, 0.29) is 23.7 Å². The summed E-state index contributed by atoms with van der Waals surface area (Å²) in [4.78, 5) is 0. The number of aliphatic hydroxyl groups excluding tert-OH is 1. The lowest BCUT2D eigenvalue weighted by Gasteiger charge is -2.53. The lowest BCUT2D eigenvalue weighted by Crippen LogP contribution is -2.52. The van der Waals surface area contributed by atoms with Crippen molar-refractivity contribution in [1.82, 2.24) is 0 Å². The van der Waals surface area contributed by atoms with Crippen LogP contribution >= 0.6 is 0 Å². The molecule has 0 amide bonds. The van der Waals surface area contributed by atoms with E-state index in [0.29, 0.717) is 11.8 Å². The van der Waals surface area contributed by atoms with Gasteiger partial charge in [-0.05, 0) is 73.3 Å². The summed E-state index contributed by atoms with van der Waals surface area (Å²) in [6, 6.07) is 16.9. The summed E-state index contributed by atoms with van der Waals surface area (Å²) in [5.41, 5.74) is 3.38. The van der Waals surface area contributed by atoms with E-state index in [1.165, 1.54) is 16.7 Å². The molecule has 1 heterocycles. The van der Waals surface area contributed by atoms with E-state index in [0.717, 1.165) is 18.6 Å². The van der Waals surface area contributed by atoms with Crippen molar-refractivity contribution in [2.24, 2.45) is 17.8 Å². The largest absolute Gasteiger partial charge is 0.497 e. The second kappa shape index (κ2) is 6.96. The van der Waals surface area contributed by atoms with Gasteiger partial charge in [0.15, 0.2) is 0 Å². The highest BCUT2D eigenvalue weighted by Crippen LogP contribution is 2.53. The van der Waals surface area contributed by atoms with E-state index in [2.05, 4.69) is 57.2 Å². The Morgan fingerprint density at radius 2 is 1.56 bits per heavy atom. The molecule has 2 aromatic carbocycles. The van der Waals surface area contributed by atoms with E-state index in [9.17, 15) is 5.11 Å². The molecule has 144 valence electrons. The molecule has 1 aliphatic heterocycles. The Morgan fingerprint density at radius 1 is 0.963 bits per heavy atom. The van der Waals surface area contributed by atoms with Crippen molar-refractivity contribution in [2.75, 3.05) is 7.11 Å². The zero-order valence-electron chi connectivity index (χ0n) is 16.7. The molecule has 1 saturated heterocycles. The SMILES string of the molecule is COc1ccc(-c2ccc([C@@H]3OC(C)(C)[C@H]4C[C@H]3[C@H](C)[C@@H](O)C4)cc2)cc1. The monoisotopic (exact) mass is 366 g/mol. The molecule has 0 radical (unpaired) electrons. The van der Waals surface area contributed by atoms with Crippen LogP contribution in [0.25, 0.3) is 11.1 Å². The highest BCUT2D eigenvalue weighted by atomic mass is 16.5. The van der Waals surface area contributed by atoms with Gasteiger partial charge in [-0.25, -0.2) is 0 Å². The highest BCUT2D eigenvalue weighted by molar-refractivity contribution is 5.64. The first-order valence-electron chi connectivity index (χ1n) is 9.99. The quantitative estimate of drug-likeness (QED) is 0.808. The molecule has 1 aliphatic carbocycles.